The highest BCUT2D eigenvalue weighted by molar-refractivity contribution is 5.71. The molecular formula is C15H28N2O4. The predicted molar refractivity (Wildman–Crippen MR) is 79.1 cm³/mol. The van der Waals surface area contributed by atoms with Crippen molar-refractivity contribution in [1.82, 2.24) is 10.2 Å². The minimum atomic E-state index is -0.503. The second-order valence-electron chi connectivity index (χ2n) is 7.54. The fraction of sp³-hybridized carbons (Fsp3) is 0.933. The first-order valence-corrected chi connectivity index (χ1v) is 7.47. The quantitative estimate of drug-likeness (QED) is 0.805. The number of carbonyl (C=O) groups is 1. The van der Waals surface area contributed by atoms with Gasteiger partial charge in [0.25, 0.3) is 0 Å². The van der Waals surface area contributed by atoms with Crippen LogP contribution in [0.3, 0.4) is 0 Å². The summed E-state index contributed by atoms with van der Waals surface area (Å²) in [5.74, 6) is 0. The molecule has 122 valence electrons. The maximum Gasteiger partial charge on any atom is 0.411 e. The number of methoxy groups -OCH3 is 1. The molecule has 2 saturated heterocycles. The van der Waals surface area contributed by atoms with E-state index in [1.165, 1.54) is 0 Å². The number of hydrogen-bond donors (Lipinski definition) is 1. The summed E-state index contributed by atoms with van der Waals surface area (Å²) in [5.41, 5.74) is -1.22. The Morgan fingerprint density at radius 2 is 2.00 bits per heavy atom. The van der Waals surface area contributed by atoms with E-state index in [1.807, 2.05) is 25.7 Å². The average molecular weight is 300 g/mol. The van der Waals surface area contributed by atoms with Gasteiger partial charge in [0, 0.05) is 26.6 Å². The van der Waals surface area contributed by atoms with E-state index < -0.39 is 11.1 Å². The van der Waals surface area contributed by atoms with E-state index in [-0.39, 0.29) is 24.5 Å². The smallest absolute Gasteiger partial charge is 0.411 e. The van der Waals surface area contributed by atoms with E-state index in [1.54, 1.807) is 7.11 Å². The number of hydrogen-bond acceptors (Lipinski definition) is 5. The van der Waals surface area contributed by atoms with Gasteiger partial charge in [0.2, 0.25) is 0 Å². The topological polar surface area (TPSA) is 60.0 Å². The minimum Gasteiger partial charge on any atom is -0.444 e. The Labute approximate surface area is 127 Å². The van der Waals surface area contributed by atoms with Gasteiger partial charge in [0.15, 0.2) is 0 Å². The Kier molecular flexibility index (Phi) is 4.26. The molecule has 21 heavy (non-hydrogen) atoms. The van der Waals surface area contributed by atoms with Crippen molar-refractivity contribution in [3.05, 3.63) is 0 Å². The van der Waals surface area contributed by atoms with Crippen molar-refractivity contribution in [2.75, 3.05) is 27.0 Å². The number of fused-ring (bicyclic) bond motifs is 2. The van der Waals surface area contributed by atoms with Crippen molar-refractivity contribution >= 4 is 6.09 Å². The molecule has 0 aromatic carbocycles. The normalized spacial score (nSPS) is 35.9. The fourth-order valence-corrected chi connectivity index (χ4v) is 3.53. The summed E-state index contributed by atoms with van der Waals surface area (Å²) < 4.78 is 16.5. The van der Waals surface area contributed by atoms with Crippen molar-refractivity contribution in [3.8, 4) is 0 Å². The molecule has 2 heterocycles. The highest BCUT2D eigenvalue weighted by Crippen LogP contribution is 2.45. The van der Waals surface area contributed by atoms with E-state index in [9.17, 15) is 4.79 Å². The first-order chi connectivity index (χ1) is 9.62. The maximum atomic E-state index is 12.7. The lowest BCUT2D eigenvalue weighted by atomic mass is 9.95. The van der Waals surface area contributed by atoms with Gasteiger partial charge in [-0.3, -0.25) is 4.90 Å². The van der Waals surface area contributed by atoms with Crippen molar-refractivity contribution in [1.29, 1.82) is 0 Å². The molecule has 2 rings (SSSR count). The zero-order valence-corrected chi connectivity index (χ0v) is 14.0. The summed E-state index contributed by atoms with van der Waals surface area (Å²) in [7, 11) is 1.61. The van der Waals surface area contributed by atoms with Crippen LogP contribution in [0.2, 0.25) is 0 Å². The SMILES string of the molecule is COCOC1CC2(C)CNCC1(C)N2C(=O)OC(C)(C)C. The molecule has 0 saturated carbocycles. The third kappa shape index (κ3) is 3.03. The van der Waals surface area contributed by atoms with Crippen molar-refractivity contribution in [3.63, 3.8) is 0 Å². The van der Waals surface area contributed by atoms with Gasteiger partial charge in [-0.15, -0.1) is 0 Å². The van der Waals surface area contributed by atoms with Gasteiger partial charge >= 0.3 is 6.09 Å². The summed E-state index contributed by atoms with van der Waals surface area (Å²) in [5, 5.41) is 3.41. The highest BCUT2D eigenvalue weighted by Gasteiger charge is 2.62. The molecule has 0 aromatic heterocycles. The zero-order chi connectivity index (χ0) is 15.9. The molecule has 2 aliphatic heterocycles. The highest BCUT2D eigenvalue weighted by atomic mass is 16.7. The number of ether oxygens (including phenoxy) is 3. The molecule has 0 radical (unpaired) electrons. The lowest BCUT2D eigenvalue weighted by molar-refractivity contribution is -0.105. The number of nitrogens with zero attached hydrogens (tertiary/aromatic N) is 1. The molecule has 1 amide bonds. The number of piperazine rings is 1. The van der Waals surface area contributed by atoms with Gasteiger partial charge in [0.05, 0.1) is 17.2 Å². The molecule has 3 atom stereocenters. The average Bonchev–Trinajstić information content (AvgIpc) is 2.44. The molecule has 6 nitrogen and oxygen atoms in total. The van der Waals surface area contributed by atoms with Gasteiger partial charge in [0.1, 0.15) is 12.4 Å². The standard InChI is InChI=1S/C15H28N2O4/c1-13(2,3)21-12(18)17-14(4)7-11(20-10-19-6)15(17,5)9-16-8-14/h11,16H,7-10H2,1-6H3. The molecule has 1 N–H and O–H groups in total. The van der Waals surface area contributed by atoms with Crippen LogP contribution in [0, 0.1) is 0 Å². The summed E-state index contributed by atoms with van der Waals surface area (Å²) in [6.07, 6.45) is 0.446. The van der Waals surface area contributed by atoms with Gasteiger partial charge < -0.3 is 19.5 Å². The second kappa shape index (κ2) is 5.41. The number of carbonyl (C=O) groups excluding carboxylic acids is 1. The van der Waals surface area contributed by atoms with Gasteiger partial charge in [-0.1, -0.05) is 0 Å². The molecule has 0 spiro atoms. The monoisotopic (exact) mass is 300 g/mol. The molecule has 0 aliphatic carbocycles. The maximum absolute atomic E-state index is 12.7. The Balaban J connectivity index is 2.25. The number of rotatable bonds is 3. The third-order valence-electron chi connectivity index (χ3n) is 4.32. The number of amides is 1. The van der Waals surface area contributed by atoms with E-state index in [0.717, 1.165) is 13.0 Å². The van der Waals surface area contributed by atoms with Gasteiger partial charge in [-0.05, 0) is 34.6 Å². The Morgan fingerprint density at radius 3 is 2.57 bits per heavy atom. The fourth-order valence-electron chi connectivity index (χ4n) is 3.53. The minimum absolute atomic E-state index is 0.0648. The van der Waals surface area contributed by atoms with Crippen LogP contribution in [-0.4, -0.2) is 60.8 Å². The van der Waals surface area contributed by atoms with Crippen LogP contribution in [0.5, 0.6) is 0 Å². The first kappa shape index (κ1) is 16.5. The molecule has 6 heteroatoms. The van der Waals surface area contributed by atoms with Crippen LogP contribution < -0.4 is 5.32 Å². The van der Waals surface area contributed by atoms with Crippen molar-refractivity contribution in [2.45, 2.75) is 63.8 Å². The summed E-state index contributed by atoms with van der Waals surface area (Å²) >= 11 is 0. The lowest BCUT2D eigenvalue weighted by Crippen LogP contribution is -2.68. The molecule has 2 fully saturated rings. The summed E-state index contributed by atoms with van der Waals surface area (Å²) in [4.78, 5) is 14.6. The first-order valence-electron chi connectivity index (χ1n) is 7.47. The molecule has 2 bridgehead atoms. The molecule has 2 aliphatic rings. The van der Waals surface area contributed by atoms with Crippen LogP contribution >= 0.6 is 0 Å². The molecule has 3 unspecified atom stereocenters. The zero-order valence-electron chi connectivity index (χ0n) is 14.0. The van der Waals surface area contributed by atoms with E-state index in [0.29, 0.717) is 6.54 Å². The van der Waals surface area contributed by atoms with Crippen LogP contribution in [0.15, 0.2) is 0 Å². The van der Waals surface area contributed by atoms with Gasteiger partial charge in [-0.2, -0.15) is 0 Å². The van der Waals surface area contributed by atoms with Crippen molar-refractivity contribution < 1.29 is 19.0 Å². The lowest BCUT2D eigenvalue weighted by Gasteiger charge is -2.48. The van der Waals surface area contributed by atoms with Crippen LogP contribution in [0.4, 0.5) is 4.79 Å². The van der Waals surface area contributed by atoms with E-state index >= 15 is 0 Å². The number of nitrogens with one attached hydrogen (secondary N) is 1. The third-order valence-corrected chi connectivity index (χ3v) is 4.32. The Hall–Kier alpha value is -0.850. The van der Waals surface area contributed by atoms with Gasteiger partial charge in [-0.25, -0.2) is 4.79 Å². The van der Waals surface area contributed by atoms with Crippen molar-refractivity contribution in [2.24, 2.45) is 0 Å². The molecular weight excluding hydrogens is 272 g/mol. The van der Waals surface area contributed by atoms with Crippen LogP contribution in [0.25, 0.3) is 0 Å². The summed E-state index contributed by atoms with van der Waals surface area (Å²) in [6, 6.07) is 0. The summed E-state index contributed by atoms with van der Waals surface area (Å²) in [6.45, 7) is 11.5. The van der Waals surface area contributed by atoms with E-state index in [2.05, 4.69) is 19.2 Å². The van der Waals surface area contributed by atoms with Crippen LogP contribution in [-0.2, 0) is 14.2 Å². The largest absolute Gasteiger partial charge is 0.444 e. The molecule has 0 aromatic rings. The second-order valence-corrected chi connectivity index (χ2v) is 7.54. The Bertz CT molecular complexity index is 409. The van der Waals surface area contributed by atoms with E-state index in [4.69, 9.17) is 14.2 Å². The Morgan fingerprint density at radius 1 is 1.33 bits per heavy atom. The predicted octanol–water partition coefficient (Wildman–Crippen LogP) is 1.74. The van der Waals surface area contributed by atoms with Crippen LogP contribution in [0.1, 0.15) is 41.0 Å².